The third-order valence-electron chi connectivity index (χ3n) is 1.69. The summed E-state index contributed by atoms with van der Waals surface area (Å²) in [7, 11) is -3.46. The zero-order valence-corrected chi connectivity index (χ0v) is 8.54. The third-order valence-corrected chi connectivity index (χ3v) is 3.32. The van der Waals surface area contributed by atoms with E-state index in [9.17, 15) is 13.2 Å². The summed E-state index contributed by atoms with van der Waals surface area (Å²) in [5.41, 5.74) is -0.545. The highest BCUT2D eigenvalue weighted by atomic mass is 32.2. The number of aromatic nitrogens is 3. The fourth-order valence-corrected chi connectivity index (χ4v) is 1.90. The van der Waals surface area contributed by atoms with E-state index in [1.807, 2.05) is 0 Å². The van der Waals surface area contributed by atoms with Gasteiger partial charge in [-0.1, -0.05) is 13.0 Å². The Labute approximate surface area is 81.2 Å². The van der Waals surface area contributed by atoms with E-state index in [-0.39, 0.29) is 17.5 Å². The molecular formula is C7H11N3O3S. The van der Waals surface area contributed by atoms with E-state index in [2.05, 4.69) is 16.8 Å². The maximum absolute atomic E-state index is 11.4. The Morgan fingerprint density at radius 3 is 2.79 bits per heavy atom. The van der Waals surface area contributed by atoms with Crippen molar-refractivity contribution in [2.45, 2.75) is 18.6 Å². The van der Waals surface area contributed by atoms with Crippen molar-refractivity contribution in [3.05, 3.63) is 23.1 Å². The van der Waals surface area contributed by atoms with Gasteiger partial charge in [-0.25, -0.2) is 18.3 Å². The van der Waals surface area contributed by atoms with Gasteiger partial charge in [0.25, 0.3) is 0 Å². The van der Waals surface area contributed by atoms with Gasteiger partial charge < -0.3 is 0 Å². The second-order valence-electron chi connectivity index (χ2n) is 2.61. The summed E-state index contributed by atoms with van der Waals surface area (Å²) in [5.74, 6) is -0.0889. The minimum absolute atomic E-state index is 0.0889. The van der Waals surface area contributed by atoms with Crippen molar-refractivity contribution in [1.29, 1.82) is 0 Å². The maximum atomic E-state index is 11.4. The van der Waals surface area contributed by atoms with Gasteiger partial charge in [-0.3, -0.25) is 4.57 Å². The van der Waals surface area contributed by atoms with Crippen LogP contribution in [0.15, 0.2) is 22.6 Å². The van der Waals surface area contributed by atoms with Gasteiger partial charge in [0.05, 0.1) is 5.75 Å². The molecule has 0 spiro atoms. The van der Waals surface area contributed by atoms with E-state index in [0.29, 0.717) is 0 Å². The lowest BCUT2D eigenvalue weighted by Gasteiger charge is -2.00. The maximum Gasteiger partial charge on any atom is 0.344 e. The van der Waals surface area contributed by atoms with E-state index in [1.54, 1.807) is 0 Å². The Morgan fingerprint density at radius 1 is 1.64 bits per heavy atom. The molecule has 0 atom stereocenters. The normalized spacial score (nSPS) is 11.5. The third kappa shape index (κ3) is 1.77. The lowest BCUT2D eigenvalue weighted by atomic mass is 10.6. The number of rotatable bonds is 4. The van der Waals surface area contributed by atoms with E-state index in [1.165, 1.54) is 13.0 Å². The Bertz CT molecular complexity index is 483. The van der Waals surface area contributed by atoms with Gasteiger partial charge in [-0.05, 0) is 0 Å². The molecule has 1 aromatic rings. The van der Waals surface area contributed by atoms with Crippen LogP contribution >= 0.6 is 0 Å². The fraction of sp³-hybridized carbons (Fsp3) is 0.429. The van der Waals surface area contributed by atoms with Crippen LogP contribution < -0.4 is 5.69 Å². The number of hydrogen-bond acceptors (Lipinski definition) is 4. The van der Waals surface area contributed by atoms with Crippen molar-refractivity contribution in [3.63, 3.8) is 0 Å². The van der Waals surface area contributed by atoms with Gasteiger partial charge in [0.2, 0.25) is 15.0 Å². The van der Waals surface area contributed by atoms with Crippen LogP contribution in [0.3, 0.4) is 0 Å². The molecule has 0 amide bonds. The summed E-state index contributed by atoms with van der Waals surface area (Å²) >= 11 is 0. The number of hydrogen-bond donors (Lipinski definition) is 1. The van der Waals surface area contributed by atoms with Crippen LogP contribution in [0.5, 0.6) is 0 Å². The van der Waals surface area contributed by atoms with E-state index in [4.69, 9.17) is 0 Å². The SMILES string of the molecule is C=CCn1c(S(=O)(=O)CC)n[nH]c1=O. The van der Waals surface area contributed by atoms with Crippen LogP contribution in [-0.4, -0.2) is 28.9 Å². The van der Waals surface area contributed by atoms with Crippen molar-refractivity contribution in [2.24, 2.45) is 0 Å². The molecule has 78 valence electrons. The van der Waals surface area contributed by atoms with Gasteiger partial charge in [0.15, 0.2) is 0 Å². The molecule has 0 fully saturated rings. The van der Waals surface area contributed by atoms with Crippen molar-refractivity contribution in [1.82, 2.24) is 14.8 Å². The first-order valence-electron chi connectivity index (χ1n) is 4.01. The zero-order valence-electron chi connectivity index (χ0n) is 7.73. The Morgan fingerprint density at radius 2 is 2.29 bits per heavy atom. The molecule has 0 aliphatic rings. The summed E-state index contributed by atoms with van der Waals surface area (Å²) in [6.07, 6.45) is 1.44. The summed E-state index contributed by atoms with van der Waals surface area (Å²) in [4.78, 5) is 11.1. The lowest BCUT2D eigenvalue weighted by molar-refractivity contribution is 0.572. The van der Waals surface area contributed by atoms with Gasteiger partial charge >= 0.3 is 5.69 Å². The molecular weight excluding hydrogens is 206 g/mol. The Balaban J connectivity index is 3.36. The predicted molar refractivity (Wildman–Crippen MR) is 50.8 cm³/mol. The summed E-state index contributed by atoms with van der Waals surface area (Å²) in [6.45, 7) is 5.05. The van der Waals surface area contributed by atoms with Gasteiger partial charge in [-0.15, -0.1) is 11.7 Å². The molecule has 14 heavy (non-hydrogen) atoms. The number of H-pyrrole nitrogens is 1. The minimum Gasteiger partial charge on any atom is -0.262 e. The summed E-state index contributed by atoms with van der Waals surface area (Å²) in [5, 5.41) is 5.33. The topological polar surface area (TPSA) is 84.8 Å². The predicted octanol–water partition coefficient (Wildman–Crippen LogP) is -0.449. The molecule has 0 saturated heterocycles. The van der Waals surface area contributed by atoms with E-state index in [0.717, 1.165) is 4.57 Å². The molecule has 0 saturated carbocycles. The monoisotopic (exact) mass is 217 g/mol. The molecule has 0 aromatic carbocycles. The quantitative estimate of drug-likeness (QED) is 0.692. The highest BCUT2D eigenvalue weighted by Crippen LogP contribution is 2.04. The smallest absolute Gasteiger partial charge is 0.262 e. The molecule has 0 bridgehead atoms. The van der Waals surface area contributed by atoms with Gasteiger partial charge in [0.1, 0.15) is 0 Å². The van der Waals surface area contributed by atoms with Crippen LogP contribution in [0.1, 0.15) is 6.92 Å². The largest absolute Gasteiger partial charge is 0.344 e. The zero-order chi connectivity index (χ0) is 10.8. The number of sulfone groups is 1. The fourth-order valence-electron chi connectivity index (χ4n) is 0.960. The first-order valence-corrected chi connectivity index (χ1v) is 5.67. The molecule has 1 N–H and O–H groups in total. The molecule has 6 nitrogen and oxygen atoms in total. The Hall–Kier alpha value is -1.37. The average Bonchev–Trinajstić information content (AvgIpc) is 2.50. The molecule has 1 heterocycles. The summed E-state index contributed by atoms with van der Waals surface area (Å²) in [6, 6.07) is 0. The first kappa shape index (κ1) is 10.7. The minimum atomic E-state index is -3.46. The molecule has 7 heteroatoms. The highest BCUT2D eigenvalue weighted by molar-refractivity contribution is 7.91. The highest BCUT2D eigenvalue weighted by Gasteiger charge is 2.20. The van der Waals surface area contributed by atoms with Crippen LogP contribution in [0, 0.1) is 0 Å². The number of nitrogens with zero attached hydrogens (tertiary/aromatic N) is 2. The van der Waals surface area contributed by atoms with Gasteiger partial charge in [-0.2, -0.15) is 0 Å². The van der Waals surface area contributed by atoms with Crippen LogP contribution in [0.25, 0.3) is 0 Å². The van der Waals surface area contributed by atoms with Gasteiger partial charge in [0, 0.05) is 6.54 Å². The van der Waals surface area contributed by atoms with Crippen molar-refractivity contribution >= 4 is 9.84 Å². The number of allylic oxidation sites excluding steroid dienone is 1. The molecule has 0 radical (unpaired) electrons. The second kappa shape index (κ2) is 3.79. The molecule has 0 aliphatic carbocycles. The molecule has 0 aliphatic heterocycles. The van der Waals surface area contributed by atoms with Crippen LogP contribution in [0.4, 0.5) is 0 Å². The standard InChI is InChI=1S/C7H11N3O3S/c1-3-5-10-6(11)8-9-7(10)14(12,13)4-2/h3H,1,4-5H2,2H3,(H,8,11). The van der Waals surface area contributed by atoms with Crippen molar-refractivity contribution in [2.75, 3.05) is 5.75 Å². The van der Waals surface area contributed by atoms with Crippen LogP contribution in [-0.2, 0) is 16.4 Å². The van der Waals surface area contributed by atoms with Crippen LogP contribution in [0.2, 0.25) is 0 Å². The van der Waals surface area contributed by atoms with E-state index < -0.39 is 15.5 Å². The first-order chi connectivity index (χ1) is 6.53. The van der Waals surface area contributed by atoms with E-state index >= 15 is 0 Å². The summed E-state index contributed by atoms with van der Waals surface area (Å²) < 4.78 is 23.9. The van der Waals surface area contributed by atoms with Crippen molar-refractivity contribution in [3.8, 4) is 0 Å². The molecule has 1 aromatic heterocycles. The Kier molecular flexibility index (Phi) is 2.90. The average molecular weight is 217 g/mol. The molecule has 0 unspecified atom stereocenters. The number of nitrogens with one attached hydrogen (secondary N) is 1. The van der Waals surface area contributed by atoms with Crippen molar-refractivity contribution < 1.29 is 8.42 Å². The molecule has 1 rings (SSSR count). The lowest BCUT2D eigenvalue weighted by Crippen LogP contribution is -2.20. The number of aromatic amines is 1. The second-order valence-corrected chi connectivity index (χ2v) is 4.79.